The van der Waals surface area contributed by atoms with E-state index in [2.05, 4.69) is 36.1 Å². The average Bonchev–Trinajstić information content (AvgIpc) is 2.46. The fourth-order valence-corrected chi connectivity index (χ4v) is 3.75. The molecular formula is C17H24N2O. The highest BCUT2D eigenvalue weighted by Gasteiger charge is 2.34. The van der Waals surface area contributed by atoms with Gasteiger partial charge in [-0.2, -0.15) is 0 Å². The first kappa shape index (κ1) is 13.6. The molecular weight excluding hydrogens is 248 g/mol. The zero-order chi connectivity index (χ0) is 14.1. The predicted octanol–water partition coefficient (Wildman–Crippen LogP) is 2.44. The van der Waals surface area contributed by atoms with Gasteiger partial charge in [0.15, 0.2) is 0 Å². The molecule has 3 unspecified atom stereocenters. The Balaban J connectivity index is 1.81. The van der Waals surface area contributed by atoms with E-state index < -0.39 is 0 Å². The summed E-state index contributed by atoms with van der Waals surface area (Å²) in [5, 5.41) is 0. The normalized spacial score (nSPS) is 29.9. The van der Waals surface area contributed by atoms with Crippen LogP contribution in [0.25, 0.3) is 0 Å². The van der Waals surface area contributed by atoms with Crippen molar-refractivity contribution in [3.05, 3.63) is 35.4 Å². The molecule has 3 rings (SSSR count). The molecule has 1 saturated heterocycles. The van der Waals surface area contributed by atoms with Gasteiger partial charge >= 0.3 is 0 Å². The molecule has 1 amide bonds. The van der Waals surface area contributed by atoms with E-state index in [1.54, 1.807) is 0 Å². The standard InChI is InChI=1S/C17H24N2O/c1-12-11-14(18)9-10-19(12)17(20)16-8-4-6-13-5-2-3-7-15(13)16/h2-3,5,7,12,14,16H,4,6,8-11,18H2,1H3. The van der Waals surface area contributed by atoms with Gasteiger partial charge < -0.3 is 10.6 Å². The van der Waals surface area contributed by atoms with Crippen LogP contribution in [0.2, 0.25) is 0 Å². The summed E-state index contributed by atoms with van der Waals surface area (Å²) in [6, 6.07) is 8.98. The van der Waals surface area contributed by atoms with Gasteiger partial charge in [-0.3, -0.25) is 4.79 Å². The van der Waals surface area contributed by atoms with Crippen LogP contribution in [0.1, 0.15) is 49.7 Å². The third-order valence-electron chi connectivity index (χ3n) is 4.87. The summed E-state index contributed by atoms with van der Waals surface area (Å²) in [6.45, 7) is 2.95. The van der Waals surface area contributed by atoms with E-state index in [-0.39, 0.29) is 18.0 Å². The number of aryl methyl sites for hydroxylation is 1. The summed E-state index contributed by atoms with van der Waals surface area (Å²) in [6.07, 6.45) is 5.09. The Hall–Kier alpha value is -1.35. The minimum absolute atomic E-state index is 0.0664. The number of nitrogens with zero attached hydrogens (tertiary/aromatic N) is 1. The number of carbonyl (C=O) groups is 1. The molecule has 1 heterocycles. The molecule has 1 aromatic carbocycles. The van der Waals surface area contributed by atoms with Crippen molar-refractivity contribution < 1.29 is 4.79 Å². The second-order valence-corrected chi connectivity index (χ2v) is 6.31. The number of fused-ring (bicyclic) bond motifs is 1. The van der Waals surface area contributed by atoms with Crippen molar-refractivity contribution in [3.63, 3.8) is 0 Å². The summed E-state index contributed by atoms with van der Waals surface area (Å²) >= 11 is 0. The quantitative estimate of drug-likeness (QED) is 0.853. The maximum absolute atomic E-state index is 12.9. The zero-order valence-electron chi connectivity index (χ0n) is 12.2. The van der Waals surface area contributed by atoms with Crippen LogP contribution in [0.5, 0.6) is 0 Å². The average molecular weight is 272 g/mol. The van der Waals surface area contributed by atoms with E-state index in [0.717, 1.165) is 38.6 Å². The van der Waals surface area contributed by atoms with Crippen molar-refractivity contribution in [2.45, 2.75) is 57.0 Å². The molecule has 1 aliphatic carbocycles. The lowest BCUT2D eigenvalue weighted by Gasteiger charge is -2.39. The molecule has 0 radical (unpaired) electrons. The van der Waals surface area contributed by atoms with Crippen LogP contribution in [-0.2, 0) is 11.2 Å². The van der Waals surface area contributed by atoms with Crippen molar-refractivity contribution in [1.82, 2.24) is 4.90 Å². The van der Waals surface area contributed by atoms with E-state index in [9.17, 15) is 4.79 Å². The maximum Gasteiger partial charge on any atom is 0.230 e. The van der Waals surface area contributed by atoms with Gasteiger partial charge in [-0.05, 0) is 50.2 Å². The van der Waals surface area contributed by atoms with Crippen LogP contribution in [-0.4, -0.2) is 29.4 Å². The van der Waals surface area contributed by atoms with E-state index in [1.807, 2.05) is 0 Å². The van der Waals surface area contributed by atoms with Crippen molar-refractivity contribution in [2.75, 3.05) is 6.54 Å². The minimum atomic E-state index is 0.0664. The predicted molar refractivity (Wildman–Crippen MR) is 80.5 cm³/mol. The summed E-state index contributed by atoms with van der Waals surface area (Å²) in [5.41, 5.74) is 8.62. The van der Waals surface area contributed by atoms with E-state index in [0.29, 0.717) is 5.91 Å². The van der Waals surface area contributed by atoms with Crippen molar-refractivity contribution >= 4 is 5.91 Å². The third kappa shape index (κ3) is 2.47. The van der Waals surface area contributed by atoms with Gasteiger partial charge in [0.1, 0.15) is 0 Å². The lowest BCUT2D eigenvalue weighted by Crippen LogP contribution is -2.50. The maximum atomic E-state index is 12.9. The smallest absolute Gasteiger partial charge is 0.230 e. The van der Waals surface area contributed by atoms with Crippen LogP contribution in [0.4, 0.5) is 0 Å². The Labute approximate surface area is 121 Å². The molecule has 3 nitrogen and oxygen atoms in total. The lowest BCUT2D eigenvalue weighted by molar-refractivity contribution is -0.136. The molecule has 3 atom stereocenters. The minimum Gasteiger partial charge on any atom is -0.339 e. The fourth-order valence-electron chi connectivity index (χ4n) is 3.75. The van der Waals surface area contributed by atoms with E-state index in [1.165, 1.54) is 11.1 Å². The Kier molecular flexibility index (Phi) is 3.79. The number of hydrogen-bond acceptors (Lipinski definition) is 2. The molecule has 0 bridgehead atoms. The number of piperidine rings is 1. The van der Waals surface area contributed by atoms with E-state index in [4.69, 9.17) is 5.73 Å². The lowest BCUT2D eigenvalue weighted by atomic mass is 9.81. The second kappa shape index (κ2) is 5.57. The molecule has 1 aromatic rings. The molecule has 108 valence electrons. The molecule has 0 saturated carbocycles. The van der Waals surface area contributed by atoms with Crippen LogP contribution >= 0.6 is 0 Å². The van der Waals surface area contributed by atoms with Gasteiger partial charge in [0.25, 0.3) is 0 Å². The highest BCUT2D eigenvalue weighted by molar-refractivity contribution is 5.84. The van der Waals surface area contributed by atoms with Gasteiger partial charge in [-0.25, -0.2) is 0 Å². The second-order valence-electron chi connectivity index (χ2n) is 6.31. The summed E-state index contributed by atoms with van der Waals surface area (Å²) in [4.78, 5) is 15.0. The van der Waals surface area contributed by atoms with Crippen molar-refractivity contribution in [3.8, 4) is 0 Å². The van der Waals surface area contributed by atoms with Gasteiger partial charge in [0.2, 0.25) is 5.91 Å². The Morgan fingerprint density at radius 3 is 2.90 bits per heavy atom. The van der Waals surface area contributed by atoms with Gasteiger partial charge in [-0.1, -0.05) is 24.3 Å². The highest BCUT2D eigenvalue weighted by atomic mass is 16.2. The SMILES string of the molecule is CC1CC(N)CCN1C(=O)C1CCCc2ccccc21. The van der Waals surface area contributed by atoms with Gasteiger partial charge in [-0.15, -0.1) is 0 Å². The number of carbonyl (C=O) groups excluding carboxylic acids is 1. The van der Waals surface area contributed by atoms with Gasteiger partial charge in [0, 0.05) is 18.6 Å². The Morgan fingerprint density at radius 2 is 2.10 bits per heavy atom. The van der Waals surface area contributed by atoms with Crippen LogP contribution in [0, 0.1) is 0 Å². The number of amides is 1. The van der Waals surface area contributed by atoms with Crippen LogP contribution in [0.15, 0.2) is 24.3 Å². The number of nitrogens with two attached hydrogens (primary N) is 1. The number of likely N-dealkylation sites (tertiary alicyclic amines) is 1. The first-order valence-electron chi connectivity index (χ1n) is 7.80. The number of hydrogen-bond donors (Lipinski definition) is 1. The molecule has 0 spiro atoms. The number of rotatable bonds is 1. The first-order chi connectivity index (χ1) is 9.66. The third-order valence-corrected chi connectivity index (χ3v) is 4.87. The molecule has 20 heavy (non-hydrogen) atoms. The van der Waals surface area contributed by atoms with Crippen LogP contribution in [0.3, 0.4) is 0 Å². The molecule has 0 aromatic heterocycles. The highest BCUT2D eigenvalue weighted by Crippen LogP contribution is 2.34. The summed E-state index contributed by atoms with van der Waals surface area (Å²) in [7, 11) is 0. The topological polar surface area (TPSA) is 46.3 Å². The number of benzene rings is 1. The Bertz CT molecular complexity index is 500. The van der Waals surface area contributed by atoms with Crippen LogP contribution < -0.4 is 5.73 Å². The molecule has 1 fully saturated rings. The Morgan fingerprint density at radius 1 is 1.30 bits per heavy atom. The molecule has 1 aliphatic heterocycles. The monoisotopic (exact) mass is 272 g/mol. The van der Waals surface area contributed by atoms with Gasteiger partial charge in [0.05, 0.1) is 5.92 Å². The largest absolute Gasteiger partial charge is 0.339 e. The van der Waals surface area contributed by atoms with E-state index >= 15 is 0 Å². The zero-order valence-corrected chi connectivity index (χ0v) is 12.2. The van der Waals surface area contributed by atoms with Crippen molar-refractivity contribution in [1.29, 1.82) is 0 Å². The molecule has 3 heteroatoms. The molecule has 2 aliphatic rings. The molecule has 2 N–H and O–H groups in total. The first-order valence-corrected chi connectivity index (χ1v) is 7.80. The fraction of sp³-hybridized carbons (Fsp3) is 0.588. The summed E-state index contributed by atoms with van der Waals surface area (Å²) < 4.78 is 0. The summed E-state index contributed by atoms with van der Waals surface area (Å²) in [5.74, 6) is 0.383. The van der Waals surface area contributed by atoms with Crippen molar-refractivity contribution in [2.24, 2.45) is 5.73 Å².